The zero-order chi connectivity index (χ0) is 18.5. The van der Waals surface area contributed by atoms with Crippen LogP contribution < -0.4 is 5.32 Å². The predicted octanol–water partition coefficient (Wildman–Crippen LogP) is 2.55. The van der Waals surface area contributed by atoms with E-state index in [1.165, 1.54) is 11.2 Å². The summed E-state index contributed by atoms with van der Waals surface area (Å²) in [5, 5.41) is 12.0. The maximum Gasteiger partial charge on any atom is 0.266 e. The lowest BCUT2D eigenvalue weighted by Crippen LogP contribution is -2.40. The van der Waals surface area contributed by atoms with Gasteiger partial charge in [-0.15, -0.1) is 0 Å². The molecule has 1 aromatic heterocycles. The van der Waals surface area contributed by atoms with Gasteiger partial charge in [-0.1, -0.05) is 36.1 Å². The number of nitrogens with one attached hydrogen (secondary N) is 1. The molecule has 0 atom stereocenters. The summed E-state index contributed by atoms with van der Waals surface area (Å²) in [4.78, 5) is 26.2. The Morgan fingerprint density at radius 2 is 2.08 bits per heavy atom. The maximum absolute atomic E-state index is 12.4. The number of thioether (sulfide) groups is 1. The minimum atomic E-state index is -0.301. The molecule has 1 aromatic carbocycles. The van der Waals surface area contributed by atoms with E-state index in [0.29, 0.717) is 28.0 Å². The van der Waals surface area contributed by atoms with Gasteiger partial charge in [-0.3, -0.25) is 14.5 Å². The van der Waals surface area contributed by atoms with Crippen LogP contribution in [0.2, 0.25) is 0 Å². The molecule has 2 heterocycles. The van der Waals surface area contributed by atoms with E-state index in [0.717, 1.165) is 17.3 Å². The zero-order valence-corrected chi connectivity index (χ0v) is 15.3. The van der Waals surface area contributed by atoms with E-state index in [9.17, 15) is 14.7 Å². The average molecular weight is 388 g/mol. The van der Waals surface area contributed by atoms with E-state index < -0.39 is 0 Å². The first-order chi connectivity index (χ1) is 12.5. The summed E-state index contributed by atoms with van der Waals surface area (Å²) in [6.07, 6.45) is 3.76. The number of rotatable bonds is 6. The van der Waals surface area contributed by atoms with Crippen LogP contribution in [0, 0.1) is 0 Å². The second-order valence-corrected chi connectivity index (χ2v) is 7.23. The molecule has 26 heavy (non-hydrogen) atoms. The molecule has 1 aliphatic rings. The summed E-state index contributed by atoms with van der Waals surface area (Å²) in [5.41, 5.74) is 0.995. The van der Waals surface area contributed by atoms with Crippen LogP contribution in [-0.4, -0.2) is 39.2 Å². The monoisotopic (exact) mass is 388 g/mol. The van der Waals surface area contributed by atoms with Crippen LogP contribution in [0.15, 0.2) is 52.0 Å². The number of phenolic OH excluding ortho intramolecular Hbond substituents is 1. The Balaban J connectivity index is 1.51. The van der Waals surface area contributed by atoms with Gasteiger partial charge in [0.15, 0.2) is 0 Å². The number of carbonyl (C=O) groups is 2. The van der Waals surface area contributed by atoms with Crippen LogP contribution in [-0.2, 0) is 16.0 Å². The van der Waals surface area contributed by atoms with Crippen molar-refractivity contribution in [1.82, 2.24) is 10.2 Å². The van der Waals surface area contributed by atoms with Crippen molar-refractivity contribution in [2.45, 2.75) is 6.42 Å². The third kappa shape index (κ3) is 4.53. The SMILES string of the molecule is O=C(CN1C(=O)/C(=C/c2ccco2)SC1=S)NCCc1ccc(O)cc1. The number of hydrogen-bond donors (Lipinski definition) is 2. The molecule has 2 aromatic rings. The van der Waals surface area contributed by atoms with Crippen LogP contribution >= 0.6 is 24.0 Å². The van der Waals surface area contributed by atoms with Crippen molar-refractivity contribution in [3.63, 3.8) is 0 Å². The van der Waals surface area contributed by atoms with Crippen LogP contribution in [0.25, 0.3) is 6.08 Å². The normalized spacial score (nSPS) is 15.7. The van der Waals surface area contributed by atoms with Gasteiger partial charge in [0, 0.05) is 12.6 Å². The highest BCUT2D eigenvalue weighted by atomic mass is 32.2. The number of aromatic hydroxyl groups is 1. The van der Waals surface area contributed by atoms with Crippen LogP contribution in [0.5, 0.6) is 5.75 Å². The van der Waals surface area contributed by atoms with E-state index in [-0.39, 0.29) is 24.1 Å². The van der Waals surface area contributed by atoms with Crippen molar-refractivity contribution in [3.8, 4) is 5.75 Å². The maximum atomic E-state index is 12.4. The Bertz CT molecular complexity index is 845. The van der Waals surface area contributed by atoms with Gasteiger partial charge in [0.05, 0.1) is 11.2 Å². The first-order valence-electron chi connectivity index (χ1n) is 7.86. The summed E-state index contributed by atoms with van der Waals surface area (Å²) < 4.78 is 5.55. The number of benzene rings is 1. The number of amides is 2. The van der Waals surface area contributed by atoms with Gasteiger partial charge in [-0.25, -0.2) is 0 Å². The lowest BCUT2D eigenvalue weighted by Gasteiger charge is -2.14. The molecule has 1 saturated heterocycles. The van der Waals surface area contributed by atoms with Crippen molar-refractivity contribution in [1.29, 1.82) is 0 Å². The number of hydrogen-bond acceptors (Lipinski definition) is 6. The third-order valence-corrected chi connectivity index (χ3v) is 5.04. The number of nitrogens with zero attached hydrogens (tertiary/aromatic N) is 1. The van der Waals surface area contributed by atoms with E-state index in [1.807, 2.05) is 0 Å². The molecule has 0 aliphatic carbocycles. The van der Waals surface area contributed by atoms with E-state index in [1.54, 1.807) is 42.5 Å². The average Bonchev–Trinajstić information content (AvgIpc) is 3.21. The van der Waals surface area contributed by atoms with Crippen molar-refractivity contribution < 1.29 is 19.1 Å². The molecular formula is C18H16N2O4S2. The summed E-state index contributed by atoms with van der Waals surface area (Å²) >= 11 is 6.35. The molecule has 1 aliphatic heterocycles. The summed E-state index contributed by atoms with van der Waals surface area (Å²) in [7, 11) is 0. The van der Waals surface area contributed by atoms with Gasteiger partial charge < -0.3 is 14.8 Å². The molecule has 134 valence electrons. The van der Waals surface area contributed by atoms with Gasteiger partial charge in [0.25, 0.3) is 5.91 Å². The topological polar surface area (TPSA) is 82.8 Å². The van der Waals surface area contributed by atoms with Gasteiger partial charge in [0.2, 0.25) is 5.91 Å². The molecule has 0 radical (unpaired) electrons. The largest absolute Gasteiger partial charge is 0.508 e. The lowest BCUT2D eigenvalue weighted by molar-refractivity contribution is -0.128. The van der Waals surface area contributed by atoms with Crippen molar-refractivity contribution in [2.24, 2.45) is 0 Å². The number of phenols is 1. The number of furan rings is 1. The van der Waals surface area contributed by atoms with Gasteiger partial charge in [0.1, 0.15) is 22.4 Å². The second-order valence-electron chi connectivity index (χ2n) is 5.55. The summed E-state index contributed by atoms with van der Waals surface area (Å²) in [6.45, 7) is 0.316. The highest BCUT2D eigenvalue weighted by Gasteiger charge is 2.33. The second kappa shape index (κ2) is 8.20. The van der Waals surface area contributed by atoms with Gasteiger partial charge in [-0.05, 0) is 36.2 Å². The Labute approximate surface area is 159 Å². The first-order valence-corrected chi connectivity index (χ1v) is 9.09. The Morgan fingerprint density at radius 3 is 2.77 bits per heavy atom. The molecule has 3 rings (SSSR count). The fourth-order valence-corrected chi connectivity index (χ4v) is 3.58. The molecule has 1 fully saturated rings. The quantitative estimate of drug-likeness (QED) is 0.585. The smallest absolute Gasteiger partial charge is 0.266 e. The van der Waals surface area contributed by atoms with E-state index in [4.69, 9.17) is 16.6 Å². The van der Waals surface area contributed by atoms with E-state index in [2.05, 4.69) is 5.32 Å². The Kier molecular flexibility index (Phi) is 5.75. The van der Waals surface area contributed by atoms with Crippen molar-refractivity contribution >= 4 is 46.2 Å². The van der Waals surface area contributed by atoms with Crippen molar-refractivity contribution in [3.05, 3.63) is 58.9 Å². The standard InChI is InChI=1S/C18H16N2O4S2/c21-13-5-3-12(4-6-13)7-8-19-16(22)11-20-17(23)15(26-18(20)25)10-14-2-1-9-24-14/h1-6,9-10,21H,7-8,11H2,(H,19,22)/b15-10-. The summed E-state index contributed by atoms with van der Waals surface area (Å²) in [5.74, 6) is 0.183. The highest BCUT2D eigenvalue weighted by Crippen LogP contribution is 2.32. The molecule has 8 heteroatoms. The molecule has 0 spiro atoms. The molecule has 2 amide bonds. The molecule has 2 N–H and O–H groups in total. The Morgan fingerprint density at radius 1 is 1.31 bits per heavy atom. The lowest BCUT2D eigenvalue weighted by atomic mass is 10.1. The fraction of sp³-hybridized carbons (Fsp3) is 0.167. The van der Waals surface area contributed by atoms with Gasteiger partial charge in [-0.2, -0.15) is 0 Å². The van der Waals surface area contributed by atoms with Crippen LogP contribution in [0.3, 0.4) is 0 Å². The number of carbonyl (C=O) groups excluding carboxylic acids is 2. The Hall–Kier alpha value is -2.58. The molecule has 0 saturated carbocycles. The van der Waals surface area contributed by atoms with E-state index >= 15 is 0 Å². The van der Waals surface area contributed by atoms with Gasteiger partial charge >= 0.3 is 0 Å². The summed E-state index contributed by atoms with van der Waals surface area (Å²) in [6, 6.07) is 10.3. The molecule has 6 nitrogen and oxygen atoms in total. The molecule has 0 unspecified atom stereocenters. The molecular weight excluding hydrogens is 372 g/mol. The highest BCUT2D eigenvalue weighted by molar-refractivity contribution is 8.26. The van der Waals surface area contributed by atoms with Crippen molar-refractivity contribution in [2.75, 3.05) is 13.1 Å². The predicted molar refractivity (Wildman–Crippen MR) is 103 cm³/mol. The number of thiocarbonyl (C=S) groups is 1. The van der Waals surface area contributed by atoms with Crippen LogP contribution in [0.1, 0.15) is 11.3 Å². The van der Waals surface area contributed by atoms with Crippen LogP contribution in [0.4, 0.5) is 0 Å². The minimum absolute atomic E-state index is 0.115. The third-order valence-electron chi connectivity index (χ3n) is 3.66. The minimum Gasteiger partial charge on any atom is -0.508 e. The molecule has 0 bridgehead atoms. The fourth-order valence-electron chi connectivity index (χ4n) is 2.35. The first kappa shape index (κ1) is 18.2. The zero-order valence-electron chi connectivity index (χ0n) is 13.7.